The largest absolute Gasteiger partial charge is 0.359 e. The van der Waals surface area contributed by atoms with Crippen molar-refractivity contribution in [1.29, 1.82) is 0 Å². The first-order chi connectivity index (χ1) is 9.24. The standard InChI is InChI=1S/C16H25N3/c1-3-14-8-13(10-17-15-6-7-15)9-16(18-14)19(2)11-12-4-5-12/h8-9,12,15,17H,3-7,10-11H2,1-2H3. The molecule has 0 atom stereocenters. The molecule has 2 fully saturated rings. The Hall–Kier alpha value is -1.09. The highest BCUT2D eigenvalue weighted by Crippen LogP contribution is 2.30. The smallest absolute Gasteiger partial charge is 0.128 e. The van der Waals surface area contributed by atoms with Gasteiger partial charge in [0, 0.05) is 31.9 Å². The van der Waals surface area contributed by atoms with Crippen molar-refractivity contribution < 1.29 is 0 Å². The first kappa shape index (κ1) is 12.9. The Labute approximate surface area is 116 Å². The molecule has 0 radical (unpaired) electrons. The van der Waals surface area contributed by atoms with Crippen molar-refractivity contribution in [2.75, 3.05) is 18.5 Å². The first-order valence-corrected chi connectivity index (χ1v) is 7.69. The molecule has 0 unspecified atom stereocenters. The van der Waals surface area contributed by atoms with Gasteiger partial charge >= 0.3 is 0 Å². The topological polar surface area (TPSA) is 28.2 Å². The third kappa shape index (κ3) is 3.69. The second kappa shape index (κ2) is 5.49. The van der Waals surface area contributed by atoms with Gasteiger partial charge in [0.2, 0.25) is 0 Å². The lowest BCUT2D eigenvalue weighted by molar-refractivity contribution is 0.684. The van der Waals surface area contributed by atoms with E-state index in [1.807, 2.05) is 0 Å². The Kier molecular flexibility index (Phi) is 3.74. The summed E-state index contributed by atoms with van der Waals surface area (Å²) in [5, 5.41) is 3.60. The predicted molar refractivity (Wildman–Crippen MR) is 79.5 cm³/mol. The maximum absolute atomic E-state index is 4.77. The number of hydrogen-bond donors (Lipinski definition) is 1. The molecule has 0 aliphatic heterocycles. The van der Waals surface area contributed by atoms with Gasteiger partial charge in [-0.25, -0.2) is 4.98 Å². The van der Waals surface area contributed by atoms with Gasteiger partial charge in [-0.15, -0.1) is 0 Å². The van der Waals surface area contributed by atoms with Gasteiger partial charge in [0.15, 0.2) is 0 Å². The summed E-state index contributed by atoms with van der Waals surface area (Å²) < 4.78 is 0. The molecule has 0 spiro atoms. The summed E-state index contributed by atoms with van der Waals surface area (Å²) >= 11 is 0. The summed E-state index contributed by atoms with van der Waals surface area (Å²) in [6.07, 6.45) is 6.50. The number of aromatic nitrogens is 1. The number of nitrogens with zero attached hydrogens (tertiary/aromatic N) is 2. The molecule has 1 aromatic heterocycles. The van der Waals surface area contributed by atoms with Crippen molar-refractivity contribution in [3.05, 3.63) is 23.4 Å². The van der Waals surface area contributed by atoms with E-state index in [0.29, 0.717) is 0 Å². The van der Waals surface area contributed by atoms with Crippen LogP contribution in [-0.4, -0.2) is 24.6 Å². The maximum atomic E-state index is 4.77. The lowest BCUT2D eigenvalue weighted by Gasteiger charge is -2.20. The van der Waals surface area contributed by atoms with Crippen LogP contribution >= 0.6 is 0 Å². The zero-order chi connectivity index (χ0) is 13.2. The monoisotopic (exact) mass is 259 g/mol. The summed E-state index contributed by atoms with van der Waals surface area (Å²) in [5.74, 6) is 2.06. The second-order valence-electron chi connectivity index (χ2n) is 6.16. The van der Waals surface area contributed by atoms with E-state index in [1.165, 1.54) is 36.9 Å². The van der Waals surface area contributed by atoms with Crippen molar-refractivity contribution in [3.63, 3.8) is 0 Å². The van der Waals surface area contributed by atoms with Gasteiger partial charge in [-0.2, -0.15) is 0 Å². The van der Waals surface area contributed by atoms with Crippen LogP contribution in [0.5, 0.6) is 0 Å². The quantitative estimate of drug-likeness (QED) is 0.816. The molecule has 1 heterocycles. The highest BCUT2D eigenvalue weighted by Gasteiger charge is 2.24. The minimum Gasteiger partial charge on any atom is -0.359 e. The zero-order valence-corrected chi connectivity index (χ0v) is 12.2. The molecule has 1 aromatic rings. The van der Waals surface area contributed by atoms with E-state index >= 15 is 0 Å². The van der Waals surface area contributed by atoms with E-state index in [9.17, 15) is 0 Å². The summed E-state index contributed by atoms with van der Waals surface area (Å²) in [6, 6.07) is 5.28. The molecule has 0 aromatic carbocycles. The van der Waals surface area contributed by atoms with Gasteiger partial charge in [-0.1, -0.05) is 6.92 Å². The van der Waals surface area contributed by atoms with E-state index < -0.39 is 0 Å². The molecular formula is C16H25N3. The molecule has 0 bridgehead atoms. The summed E-state index contributed by atoms with van der Waals surface area (Å²) in [4.78, 5) is 7.10. The molecule has 3 nitrogen and oxygen atoms in total. The van der Waals surface area contributed by atoms with Crippen LogP contribution in [-0.2, 0) is 13.0 Å². The second-order valence-corrected chi connectivity index (χ2v) is 6.16. The predicted octanol–water partition coefficient (Wildman–Crippen LogP) is 2.74. The lowest BCUT2D eigenvalue weighted by atomic mass is 10.2. The van der Waals surface area contributed by atoms with Crippen molar-refractivity contribution >= 4 is 5.82 Å². The average molecular weight is 259 g/mol. The molecular weight excluding hydrogens is 234 g/mol. The average Bonchev–Trinajstić information content (AvgIpc) is 3.30. The normalized spacial score (nSPS) is 18.6. The number of nitrogens with one attached hydrogen (secondary N) is 1. The third-order valence-corrected chi connectivity index (χ3v) is 4.08. The molecule has 1 N–H and O–H groups in total. The van der Waals surface area contributed by atoms with Gasteiger partial charge in [0.1, 0.15) is 5.82 Å². The molecule has 104 valence electrons. The number of aryl methyl sites for hydroxylation is 1. The van der Waals surface area contributed by atoms with Crippen molar-refractivity contribution in [2.45, 2.75) is 51.6 Å². The van der Waals surface area contributed by atoms with Gasteiger partial charge in [0.25, 0.3) is 0 Å². The minimum atomic E-state index is 0.769. The van der Waals surface area contributed by atoms with Crippen molar-refractivity contribution in [1.82, 2.24) is 10.3 Å². The van der Waals surface area contributed by atoms with E-state index in [0.717, 1.165) is 37.3 Å². The summed E-state index contributed by atoms with van der Waals surface area (Å²) in [7, 11) is 2.18. The Morgan fingerprint density at radius 1 is 1.26 bits per heavy atom. The molecule has 2 aliphatic rings. The molecule has 2 saturated carbocycles. The lowest BCUT2D eigenvalue weighted by Crippen LogP contribution is -2.22. The van der Waals surface area contributed by atoms with Gasteiger partial charge in [-0.3, -0.25) is 0 Å². The van der Waals surface area contributed by atoms with Crippen LogP contribution in [0, 0.1) is 5.92 Å². The third-order valence-electron chi connectivity index (χ3n) is 4.08. The van der Waals surface area contributed by atoms with Crippen LogP contribution in [0.3, 0.4) is 0 Å². The SMILES string of the molecule is CCc1cc(CNC2CC2)cc(N(C)CC2CC2)n1. The molecule has 2 aliphatic carbocycles. The Morgan fingerprint density at radius 2 is 2.05 bits per heavy atom. The van der Waals surface area contributed by atoms with E-state index in [1.54, 1.807) is 0 Å². The van der Waals surface area contributed by atoms with Crippen LogP contribution < -0.4 is 10.2 Å². The summed E-state index contributed by atoms with van der Waals surface area (Å²) in [6.45, 7) is 4.34. The number of hydrogen-bond acceptors (Lipinski definition) is 3. The Morgan fingerprint density at radius 3 is 2.68 bits per heavy atom. The summed E-state index contributed by atoms with van der Waals surface area (Å²) in [5.41, 5.74) is 2.60. The van der Waals surface area contributed by atoms with Crippen LogP contribution in [0.1, 0.15) is 43.9 Å². The number of anilines is 1. The number of pyridine rings is 1. The fraction of sp³-hybridized carbons (Fsp3) is 0.688. The molecule has 19 heavy (non-hydrogen) atoms. The molecule has 3 rings (SSSR count). The minimum absolute atomic E-state index is 0.769. The first-order valence-electron chi connectivity index (χ1n) is 7.69. The van der Waals surface area contributed by atoms with Crippen molar-refractivity contribution in [2.24, 2.45) is 5.92 Å². The molecule has 0 amide bonds. The van der Waals surface area contributed by atoms with Crippen LogP contribution in [0.2, 0.25) is 0 Å². The van der Waals surface area contributed by atoms with Gasteiger partial charge in [0.05, 0.1) is 0 Å². The Bertz CT molecular complexity index is 436. The highest BCUT2D eigenvalue weighted by atomic mass is 15.2. The van der Waals surface area contributed by atoms with Gasteiger partial charge in [-0.05, 0) is 55.7 Å². The maximum Gasteiger partial charge on any atom is 0.128 e. The van der Waals surface area contributed by atoms with Crippen molar-refractivity contribution in [3.8, 4) is 0 Å². The van der Waals surface area contributed by atoms with E-state index in [2.05, 4.69) is 36.3 Å². The number of rotatable bonds is 7. The van der Waals surface area contributed by atoms with Crippen LogP contribution in [0.4, 0.5) is 5.82 Å². The van der Waals surface area contributed by atoms with Crippen LogP contribution in [0.25, 0.3) is 0 Å². The van der Waals surface area contributed by atoms with Gasteiger partial charge < -0.3 is 10.2 Å². The fourth-order valence-electron chi connectivity index (χ4n) is 2.44. The van der Waals surface area contributed by atoms with E-state index in [4.69, 9.17) is 4.98 Å². The van der Waals surface area contributed by atoms with Crippen LogP contribution in [0.15, 0.2) is 12.1 Å². The highest BCUT2D eigenvalue weighted by molar-refractivity contribution is 5.42. The van der Waals surface area contributed by atoms with E-state index in [-0.39, 0.29) is 0 Å². The molecule has 3 heteroatoms. The zero-order valence-electron chi connectivity index (χ0n) is 12.2. The fourth-order valence-corrected chi connectivity index (χ4v) is 2.44. The Balaban J connectivity index is 1.70. The molecule has 0 saturated heterocycles.